The smallest absolute Gasteiger partial charge is 0.329 e. The van der Waals surface area contributed by atoms with Crippen LogP contribution in [0, 0.1) is 0 Å². The van der Waals surface area contributed by atoms with Crippen molar-refractivity contribution >= 4 is 28.6 Å². The predicted octanol–water partition coefficient (Wildman–Crippen LogP) is 5.03. The average molecular weight is 664 g/mol. The summed E-state index contributed by atoms with van der Waals surface area (Å²) in [5.41, 5.74) is 4.04. The maximum atomic E-state index is 14.8. The van der Waals surface area contributed by atoms with E-state index in [0.29, 0.717) is 25.5 Å². The van der Waals surface area contributed by atoms with Crippen LogP contribution >= 0.6 is 0 Å². The highest BCUT2D eigenvalue weighted by Gasteiger charge is 2.34. The lowest BCUT2D eigenvalue weighted by Gasteiger charge is -2.37. The number of hydrogen-bond acceptors (Lipinski definition) is 7. The number of fused-ring (bicyclic) bond motifs is 1. The largest absolute Gasteiger partial charge is 0.488 e. The summed E-state index contributed by atoms with van der Waals surface area (Å²) in [5.74, 6) is -0.00879. The number of ether oxygens (including phenoxy) is 3. The van der Waals surface area contributed by atoms with Gasteiger partial charge in [0.2, 0.25) is 11.8 Å². The summed E-state index contributed by atoms with van der Waals surface area (Å²) in [6, 6.07) is 19.7. The molecule has 3 aromatic rings. The fourth-order valence-electron chi connectivity index (χ4n) is 5.39. The molecular weight excluding hydrogens is 610 g/mol. The number of benzene rings is 3. The van der Waals surface area contributed by atoms with Gasteiger partial charge in [-0.1, -0.05) is 54.6 Å². The van der Waals surface area contributed by atoms with Gasteiger partial charge in [-0.05, 0) is 82.5 Å². The molecule has 0 aliphatic carbocycles. The molecule has 3 aromatic carbocycles. The van der Waals surface area contributed by atoms with E-state index < -0.39 is 30.3 Å². The van der Waals surface area contributed by atoms with Gasteiger partial charge in [0.1, 0.15) is 17.4 Å². The molecule has 11 nitrogen and oxygen atoms in total. The molecule has 0 saturated carbocycles. The fraction of sp³-hybridized carbons (Fsp3) is 0.486. The first-order chi connectivity index (χ1) is 22.8. The van der Waals surface area contributed by atoms with Gasteiger partial charge in [-0.3, -0.25) is 15.0 Å². The Kier molecular flexibility index (Phi) is 14.6. The second-order valence-electron chi connectivity index (χ2n) is 12.6. The van der Waals surface area contributed by atoms with Gasteiger partial charge in [0, 0.05) is 39.8 Å². The molecule has 0 saturated heterocycles. The maximum absolute atomic E-state index is 14.8. The van der Waals surface area contributed by atoms with Crippen LogP contribution in [-0.2, 0) is 32.0 Å². The van der Waals surface area contributed by atoms with Crippen LogP contribution in [0.3, 0.4) is 0 Å². The van der Waals surface area contributed by atoms with E-state index in [1.807, 2.05) is 108 Å². The van der Waals surface area contributed by atoms with Crippen LogP contribution < -0.4 is 20.8 Å². The number of urea groups is 1. The molecule has 11 heteroatoms. The van der Waals surface area contributed by atoms with E-state index in [4.69, 9.17) is 14.2 Å². The van der Waals surface area contributed by atoms with E-state index in [-0.39, 0.29) is 31.0 Å². The minimum absolute atomic E-state index is 0.168. The molecule has 2 atom stereocenters. The quantitative estimate of drug-likeness (QED) is 0.137. The number of carbonyl (C=O) groups is 3. The first-order valence-corrected chi connectivity index (χ1v) is 16.7. The summed E-state index contributed by atoms with van der Waals surface area (Å²) < 4.78 is 17.9. The summed E-state index contributed by atoms with van der Waals surface area (Å²) in [6.07, 6.45) is -0.461. The topological polar surface area (TPSA) is 121 Å². The molecule has 48 heavy (non-hydrogen) atoms. The van der Waals surface area contributed by atoms with Gasteiger partial charge >= 0.3 is 6.03 Å². The van der Waals surface area contributed by atoms with Crippen molar-refractivity contribution in [1.29, 1.82) is 0 Å². The third-order valence-corrected chi connectivity index (χ3v) is 7.48. The van der Waals surface area contributed by atoms with Crippen molar-refractivity contribution in [3.05, 3.63) is 77.9 Å². The van der Waals surface area contributed by atoms with E-state index in [1.165, 1.54) is 5.01 Å². The number of amides is 4. The third kappa shape index (κ3) is 11.8. The van der Waals surface area contributed by atoms with Crippen LogP contribution in [0.4, 0.5) is 4.79 Å². The van der Waals surface area contributed by atoms with Crippen molar-refractivity contribution in [3.63, 3.8) is 0 Å². The second kappa shape index (κ2) is 18.4. The fourth-order valence-corrected chi connectivity index (χ4v) is 5.39. The molecule has 0 unspecified atom stereocenters. The Hall–Kier alpha value is -4.19. The lowest BCUT2D eigenvalue weighted by Crippen LogP contribution is -2.56. The summed E-state index contributed by atoms with van der Waals surface area (Å²) >= 11 is 0. The predicted molar refractivity (Wildman–Crippen MR) is 188 cm³/mol. The lowest BCUT2D eigenvalue weighted by atomic mass is 10.0. The summed E-state index contributed by atoms with van der Waals surface area (Å²) in [4.78, 5) is 41.9. The van der Waals surface area contributed by atoms with E-state index in [0.717, 1.165) is 21.9 Å². The van der Waals surface area contributed by atoms with E-state index in [1.54, 1.807) is 18.9 Å². The summed E-state index contributed by atoms with van der Waals surface area (Å²) in [5, 5.41) is 9.06. The highest BCUT2D eigenvalue weighted by molar-refractivity contribution is 5.90. The van der Waals surface area contributed by atoms with Crippen LogP contribution in [0.15, 0.2) is 66.7 Å². The standard InChI is InChI=1S/C37H53N5O6/c1-9-38-36(45)40-41(8)25-33(43)39-32(23-27-19-21-30(22-20-27)48-37(5,6)7)34(44)42(26(4)35(46-10-2)47-11-3)24-29-17-14-16-28-15-12-13-18-31(28)29/h12-22,26,32,35H,9-11,23-25H2,1-8H3,(H,39,43)(H2,38,40,45)/t26-,32-/m0/s1. The molecule has 0 radical (unpaired) electrons. The Bertz CT molecular complexity index is 1460. The minimum atomic E-state index is -0.939. The van der Waals surface area contributed by atoms with Crippen molar-refractivity contribution < 1.29 is 28.6 Å². The number of hydrogen-bond donors (Lipinski definition) is 3. The first kappa shape index (κ1) is 38.3. The van der Waals surface area contributed by atoms with Gasteiger partial charge in [0.05, 0.1) is 12.6 Å². The van der Waals surface area contributed by atoms with E-state index in [9.17, 15) is 14.4 Å². The molecule has 0 bridgehead atoms. The van der Waals surface area contributed by atoms with Crippen molar-refractivity contribution in [2.45, 2.75) is 85.4 Å². The number of nitrogens with one attached hydrogen (secondary N) is 3. The number of likely N-dealkylation sites (N-methyl/N-ethyl adjacent to an activating group) is 1. The average Bonchev–Trinajstić information content (AvgIpc) is 3.02. The Morgan fingerprint density at radius 1 is 0.875 bits per heavy atom. The van der Waals surface area contributed by atoms with Crippen molar-refractivity contribution in [2.75, 3.05) is 33.4 Å². The first-order valence-electron chi connectivity index (χ1n) is 16.7. The molecule has 0 fully saturated rings. The molecule has 3 N–H and O–H groups in total. The van der Waals surface area contributed by atoms with Gasteiger partial charge in [0.25, 0.3) is 0 Å². The van der Waals surface area contributed by atoms with Crippen LogP contribution in [-0.4, -0.2) is 85.1 Å². The molecule has 0 spiro atoms. The molecule has 4 amide bonds. The minimum Gasteiger partial charge on any atom is -0.488 e. The van der Waals surface area contributed by atoms with Gasteiger partial charge in [-0.2, -0.15) is 0 Å². The molecular formula is C37H53N5O6. The normalized spacial score (nSPS) is 12.9. The summed E-state index contributed by atoms with van der Waals surface area (Å²) in [7, 11) is 1.59. The van der Waals surface area contributed by atoms with E-state index >= 15 is 0 Å². The highest BCUT2D eigenvalue weighted by atomic mass is 16.7. The van der Waals surface area contributed by atoms with Crippen LogP contribution in [0.5, 0.6) is 5.75 Å². The Morgan fingerprint density at radius 3 is 2.15 bits per heavy atom. The molecule has 0 heterocycles. The Balaban J connectivity index is 1.99. The third-order valence-electron chi connectivity index (χ3n) is 7.48. The number of carbonyl (C=O) groups excluding carboxylic acids is 3. The zero-order valence-corrected chi connectivity index (χ0v) is 29.7. The Labute approximate surface area is 285 Å². The zero-order valence-electron chi connectivity index (χ0n) is 29.7. The molecule has 0 aromatic heterocycles. The van der Waals surface area contributed by atoms with Gasteiger partial charge in [-0.15, -0.1) is 0 Å². The zero-order chi connectivity index (χ0) is 35.3. The number of hydrazine groups is 1. The van der Waals surface area contributed by atoms with Crippen LogP contribution in [0.25, 0.3) is 10.8 Å². The number of rotatable bonds is 17. The van der Waals surface area contributed by atoms with Gasteiger partial charge < -0.3 is 29.7 Å². The SMILES string of the molecule is CCNC(=O)NN(C)CC(=O)N[C@@H](Cc1ccc(OC(C)(C)C)cc1)C(=O)N(Cc1cccc2ccccc12)[C@@H](C)C(OCC)OCC. The number of nitrogens with zero attached hydrogens (tertiary/aromatic N) is 2. The van der Waals surface area contributed by atoms with Gasteiger partial charge in [0.15, 0.2) is 6.29 Å². The van der Waals surface area contributed by atoms with Crippen molar-refractivity contribution in [2.24, 2.45) is 0 Å². The Morgan fingerprint density at radius 2 is 1.52 bits per heavy atom. The van der Waals surface area contributed by atoms with E-state index in [2.05, 4.69) is 16.1 Å². The lowest BCUT2D eigenvalue weighted by molar-refractivity contribution is -0.179. The molecule has 3 rings (SSSR count). The highest BCUT2D eigenvalue weighted by Crippen LogP contribution is 2.24. The maximum Gasteiger partial charge on any atom is 0.329 e. The van der Waals surface area contributed by atoms with Gasteiger partial charge in [-0.25, -0.2) is 9.80 Å². The van der Waals surface area contributed by atoms with Crippen LogP contribution in [0.1, 0.15) is 59.6 Å². The second-order valence-corrected chi connectivity index (χ2v) is 12.6. The monoisotopic (exact) mass is 663 g/mol. The van der Waals surface area contributed by atoms with Crippen molar-refractivity contribution in [1.82, 2.24) is 26.0 Å². The van der Waals surface area contributed by atoms with Crippen molar-refractivity contribution in [3.8, 4) is 5.75 Å². The van der Waals surface area contributed by atoms with Crippen LogP contribution in [0.2, 0.25) is 0 Å². The molecule has 262 valence electrons. The molecule has 0 aliphatic heterocycles. The molecule has 0 aliphatic rings. The summed E-state index contributed by atoms with van der Waals surface area (Å²) in [6.45, 7) is 14.8.